The fourth-order valence-electron chi connectivity index (χ4n) is 1.66. The molecule has 0 radical (unpaired) electrons. The van der Waals surface area contributed by atoms with E-state index in [2.05, 4.69) is 25.9 Å². The molecule has 0 bridgehead atoms. The normalized spacial score (nSPS) is 23.3. The molecule has 1 aliphatic rings. The molecule has 1 aliphatic heterocycles. The Balaban J connectivity index is 2.56. The number of nitrogens with zero attached hydrogens (tertiary/aromatic N) is 2. The van der Waals surface area contributed by atoms with Crippen LogP contribution >= 0.6 is 27.7 Å². The van der Waals surface area contributed by atoms with Gasteiger partial charge in [-0.3, -0.25) is 0 Å². The second-order valence-electron chi connectivity index (χ2n) is 3.86. The molecule has 96 valence electrons. The highest BCUT2D eigenvalue weighted by Crippen LogP contribution is 2.37. The summed E-state index contributed by atoms with van der Waals surface area (Å²) in [4.78, 5) is 7.96. The molecule has 2 N–H and O–H groups in total. The molecule has 2 heterocycles. The van der Waals surface area contributed by atoms with E-state index < -0.39 is 11.5 Å². The first kappa shape index (κ1) is 13.4. The zero-order valence-electron chi connectivity index (χ0n) is 9.78. The van der Waals surface area contributed by atoms with Gasteiger partial charge in [-0.25, -0.2) is 9.98 Å². The topological polar surface area (TPSA) is 60.5 Å². The van der Waals surface area contributed by atoms with Gasteiger partial charge >= 0.3 is 0 Å². The van der Waals surface area contributed by atoms with Crippen molar-refractivity contribution < 1.29 is 9.13 Å². The Morgan fingerprint density at radius 3 is 2.94 bits per heavy atom. The second kappa shape index (κ2) is 4.89. The predicted octanol–water partition coefficient (Wildman–Crippen LogP) is 2.75. The van der Waals surface area contributed by atoms with Crippen LogP contribution in [-0.2, 0) is 10.3 Å². The molecule has 0 spiro atoms. The summed E-state index contributed by atoms with van der Waals surface area (Å²) in [6, 6.07) is 1.64. The smallest absolute Gasteiger partial charge is 0.218 e. The van der Waals surface area contributed by atoms with E-state index in [0.29, 0.717) is 20.3 Å². The molecule has 0 amide bonds. The quantitative estimate of drug-likeness (QED) is 0.846. The van der Waals surface area contributed by atoms with Crippen LogP contribution in [0.4, 0.5) is 4.39 Å². The average Bonchev–Trinajstić information content (AvgIpc) is 2.31. The Bertz CT molecular complexity index is 549. The third-order valence-electron chi connectivity index (χ3n) is 2.50. The van der Waals surface area contributed by atoms with Gasteiger partial charge in [0.2, 0.25) is 5.95 Å². The summed E-state index contributed by atoms with van der Waals surface area (Å²) in [5.41, 5.74) is 5.17. The maximum atomic E-state index is 13.8. The summed E-state index contributed by atoms with van der Waals surface area (Å²) < 4.78 is 19.7. The van der Waals surface area contributed by atoms with E-state index in [1.807, 2.05) is 0 Å². The van der Waals surface area contributed by atoms with Crippen molar-refractivity contribution in [3.05, 3.63) is 39.4 Å². The van der Waals surface area contributed by atoms with Crippen molar-refractivity contribution in [3.63, 3.8) is 0 Å². The largest absolute Gasteiger partial charge is 0.490 e. The van der Waals surface area contributed by atoms with E-state index in [1.54, 1.807) is 19.1 Å². The molecule has 0 fully saturated rings. The van der Waals surface area contributed by atoms with Crippen molar-refractivity contribution in [2.45, 2.75) is 12.5 Å². The van der Waals surface area contributed by atoms with Crippen molar-refractivity contribution in [1.29, 1.82) is 0 Å². The zero-order valence-corrected chi connectivity index (χ0v) is 12.2. The van der Waals surface area contributed by atoms with E-state index in [4.69, 9.17) is 10.5 Å². The molecule has 0 saturated heterocycles. The summed E-state index contributed by atoms with van der Waals surface area (Å²) in [6.45, 7) is 1.76. The Morgan fingerprint density at radius 1 is 1.56 bits per heavy atom. The molecule has 7 heteroatoms. The van der Waals surface area contributed by atoms with Crippen LogP contribution in [0.5, 0.6) is 0 Å². The second-order valence-corrected chi connectivity index (χ2v) is 5.80. The lowest BCUT2D eigenvalue weighted by molar-refractivity contribution is 0.318. The molecule has 1 aromatic heterocycles. The number of pyridine rings is 1. The Labute approximate surface area is 117 Å². The van der Waals surface area contributed by atoms with Gasteiger partial charge in [-0.2, -0.15) is 4.39 Å². The van der Waals surface area contributed by atoms with E-state index in [9.17, 15) is 4.39 Å². The number of rotatable bonds is 2. The van der Waals surface area contributed by atoms with Gasteiger partial charge in [-0.1, -0.05) is 0 Å². The first-order valence-electron chi connectivity index (χ1n) is 5.06. The molecule has 0 unspecified atom stereocenters. The Morgan fingerprint density at radius 2 is 2.28 bits per heavy atom. The molecular weight excluding hydrogens is 321 g/mol. The first-order valence-corrected chi connectivity index (χ1v) is 6.67. The molecule has 0 aromatic carbocycles. The number of aliphatic imine (C=N–C) groups is 1. The minimum Gasteiger partial charge on any atom is -0.490 e. The van der Waals surface area contributed by atoms with Crippen molar-refractivity contribution in [3.8, 4) is 0 Å². The van der Waals surface area contributed by atoms with Crippen LogP contribution in [0.3, 0.4) is 0 Å². The monoisotopic (exact) mass is 331 g/mol. The highest BCUT2D eigenvalue weighted by molar-refractivity contribution is 9.10. The lowest BCUT2D eigenvalue weighted by atomic mass is 9.94. The van der Waals surface area contributed by atoms with Crippen LogP contribution in [0.2, 0.25) is 0 Å². The van der Waals surface area contributed by atoms with Crippen LogP contribution in [0.15, 0.2) is 32.9 Å². The number of methoxy groups -OCH3 is 1. The SMILES string of the molecule is COC1=C[C@@](C)(c2cc(Br)cnc2F)N=C(N)S1. The molecule has 0 saturated carbocycles. The zero-order chi connectivity index (χ0) is 13.3. The summed E-state index contributed by atoms with van der Waals surface area (Å²) in [6.07, 6.45) is 3.12. The van der Waals surface area contributed by atoms with Crippen LogP contribution in [0, 0.1) is 5.95 Å². The Hall–Kier alpha value is -1.08. The van der Waals surface area contributed by atoms with Crippen molar-refractivity contribution in [1.82, 2.24) is 4.98 Å². The molecule has 1 atom stereocenters. The number of hydrogen-bond donors (Lipinski definition) is 1. The maximum absolute atomic E-state index is 13.8. The van der Waals surface area contributed by atoms with Gasteiger partial charge < -0.3 is 10.5 Å². The van der Waals surface area contributed by atoms with Crippen LogP contribution in [-0.4, -0.2) is 17.3 Å². The summed E-state index contributed by atoms with van der Waals surface area (Å²) in [5, 5.41) is 0.917. The number of ether oxygens (including phenoxy) is 1. The summed E-state index contributed by atoms with van der Waals surface area (Å²) in [7, 11) is 1.54. The minimum atomic E-state index is -0.915. The van der Waals surface area contributed by atoms with Crippen molar-refractivity contribution in [2.75, 3.05) is 7.11 Å². The standard InChI is InChI=1S/C11H11BrFN3OS/c1-11(4-8(17-2)18-10(14)16-11)7-3-6(12)5-15-9(7)13/h3-5H,1-2H3,(H2,14,16)/t11-/m0/s1. The van der Waals surface area contributed by atoms with Gasteiger partial charge in [0.1, 0.15) is 5.54 Å². The number of halogens is 2. The first-order chi connectivity index (χ1) is 8.44. The molecule has 1 aromatic rings. The third-order valence-corrected chi connectivity index (χ3v) is 3.72. The molecule has 4 nitrogen and oxygen atoms in total. The predicted molar refractivity (Wildman–Crippen MR) is 73.6 cm³/mol. The number of aromatic nitrogens is 1. The molecule has 2 rings (SSSR count). The van der Waals surface area contributed by atoms with Crippen molar-refractivity contribution >= 4 is 32.9 Å². The highest BCUT2D eigenvalue weighted by atomic mass is 79.9. The number of amidine groups is 1. The third kappa shape index (κ3) is 2.51. The van der Waals surface area contributed by atoms with Crippen LogP contribution in [0.25, 0.3) is 0 Å². The average molecular weight is 332 g/mol. The lowest BCUT2D eigenvalue weighted by Crippen LogP contribution is -2.27. The number of hydrogen-bond acceptors (Lipinski definition) is 5. The van der Waals surface area contributed by atoms with Gasteiger partial charge in [0, 0.05) is 16.2 Å². The molecule has 0 aliphatic carbocycles. The maximum Gasteiger partial charge on any atom is 0.218 e. The molecule has 18 heavy (non-hydrogen) atoms. The van der Waals surface area contributed by atoms with E-state index in [-0.39, 0.29) is 0 Å². The fraction of sp³-hybridized carbons (Fsp3) is 0.273. The fourth-order valence-corrected chi connectivity index (χ4v) is 2.81. The van der Waals surface area contributed by atoms with Gasteiger partial charge in [-0.05, 0) is 46.8 Å². The van der Waals surface area contributed by atoms with E-state index in [1.165, 1.54) is 25.1 Å². The van der Waals surface area contributed by atoms with E-state index in [0.717, 1.165) is 0 Å². The summed E-state index contributed by atoms with van der Waals surface area (Å²) >= 11 is 4.47. The van der Waals surface area contributed by atoms with Crippen LogP contribution in [0.1, 0.15) is 12.5 Å². The molecular formula is C11H11BrFN3OS. The van der Waals surface area contributed by atoms with Gasteiger partial charge in [0.15, 0.2) is 10.3 Å². The van der Waals surface area contributed by atoms with Crippen LogP contribution < -0.4 is 5.73 Å². The summed E-state index contributed by atoms with van der Waals surface area (Å²) in [5.74, 6) is -0.573. The number of nitrogens with two attached hydrogens (primary N) is 1. The lowest BCUT2D eigenvalue weighted by Gasteiger charge is -2.27. The van der Waals surface area contributed by atoms with Gasteiger partial charge in [0.25, 0.3) is 0 Å². The van der Waals surface area contributed by atoms with Gasteiger partial charge in [-0.15, -0.1) is 0 Å². The van der Waals surface area contributed by atoms with E-state index >= 15 is 0 Å². The highest BCUT2D eigenvalue weighted by Gasteiger charge is 2.32. The van der Waals surface area contributed by atoms with Gasteiger partial charge in [0.05, 0.1) is 7.11 Å². The van der Waals surface area contributed by atoms with Crippen molar-refractivity contribution in [2.24, 2.45) is 10.7 Å². The number of thioether (sulfide) groups is 1. The minimum absolute atomic E-state index is 0.330. The Kier molecular flexibility index (Phi) is 3.63.